The molecule has 1 N–H and O–H groups in total. The van der Waals surface area contributed by atoms with E-state index in [4.69, 9.17) is 5.26 Å². The van der Waals surface area contributed by atoms with Crippen molar-refractivity contribution in [3.8, 4) is 16.5 Å². The zero-order valence-electron chi connectivity index (χ0n) is 11.9. The summed E-state index contributed by atoms with van der Waals surface area (Å²) in [6.07, 6.45) is 0. The van der Waals surface area contributed by atoms with Crippen molar-refractivity contribution in [1.82, 2.24) is 0 Å². The van der Waals surface area contributed by atoms with E-state index in [0.29, 0.717) is 11.3 Å². The average Bonchev–Trinajstić information content (AvgIpc) is 3.09. The largest absolute Gasteiger partial charge is 0.279 e. The minimum Gasteiger partial charge on any atom is -0.279 e. The summed E-state index contributed by atoms with van der Waals surface area (Å²) in [5.74, 6) is 0. The predicted octanol–water partition coefficient (Wildman–Crippen LogP) is 4.09. The van der Waals surface area contributed by atoms with E-state index in [9.17, 15) is 8.42 Å². The molecule has 2 aromatic carbocycles. The monoisotopic (exact) mass is 340 g/mol. The Morgan fingerprint density at radius 2 is 1.83 bits per heavy atom. The average molecular weight is 340 g/mol. The molecule has 0 saturated carbocycles. The first-order valence-corrected chi connectivity index (χ1v) is 9.12. The van der Waals surface area contributed by atoms with Crippen molar-refractivity contribution >= 4 is 27.0 Å². The number of hydrogen-bond acceptors (Lipinski definition) is 4. The molecule has 0 bridgehead atoms. The van der Waals surface area contributed by atoms with Crippen LogP contribution in [-0.2, 0) is 10.0 Å². The number of benzene rings is 2. The lowest BCUT2D eigenvalue weighted by atomic mass is 10.1. The Balaban J connectivity index is 2.00. The van der Waals surface area contributed by atoms with Crippen LogP contribution in [0.15, 0.2) is 70.9 Å². The molecule has 0 amide bonds. The van der Waals surface area contributed by atoms with Crippen LogP contribution < -0.4 is 4.72 Å². The molecule has 0 aliphatic rings. The van der Waals surface area contributed by atoms with Crippen LogP contribution in [0.4, 0.5) is 5.69 Å². The van der Waals surface area contributed by atoms with Gasteiger partial charge in [0.2, 0.25) is 0 Å². The van der Waals surface area contributed by atoms with Gasteiger partial charge in [-0.3, -0.25) is 4.72 Å². The van der Waals surface area contributed by atoms with E-state index in [1.165, 1.54) is 12.1 Å². The summed E-state index contributed by atoms with van der Waals surface area (Å²) in [7, 11) is -3.76. The maximum atomic E-state index is 12.6. The Hall–Kier alpha value is -2.62. The summed E-state index contributed by atoms with van der Waals surface area (Å²) >= 11 is 1.54. The van der Waals surface area contributed by atoms with Crippen molar-refractivity contribution in [2.24, 2.45) is 0 Å². The van der Waals surface area contributed by atoms with Gasteiger partial charge in [0, 0.05) is 10.4 Å². The van der Waals surface area contributed by atoms with Crippen LogP contribution in [-0.4, -0.2) is 8.42 Å². The number of sulfonamides is 1. The molecule has 1 aromatic heterocycles. The summed E-state index contributed by atoms with van der Waals surface area (Å²) in [6, 6.07) is 19.0. The SMILES string of the molecule is N#Cc1cccc(S(=O)(=O)Nc2ccccc2-c2cccs2)c1. The molecule has 114 valence electrons. The van der Waals surface area contributed by atoms with Crippen LogP contribution in [0.3, 0.4) is 0 Å². The highest BCUT2D eigenvalue weighted by molar-refractivity contribution is 7.92. The van der Waals surface area contributed by atoms with Gasteiger partial charge in [0.1, 0.15) is 0 Å². The molecule has 1 heterocycles. The van der Waals surface area contributed by atoms with Crippen molar-refractivity contribution in [2.45, 2.75) is 4.90 Å². The number of rotatable bonds is 4. The van der Waals surface area contributed by atoms with E-state index in [0.717, 1.165) is 10.4 Å². The molecule has 0 aliphatic carbocycles. The van der Waals surface area contributed by atoms with Gasteiger partial charge < -0.3 is 0 Å². The van der Waals surface area contributed by atoms with Crippen LogP contribution in [0.2, 0.25) is 0 Å². The van der Waals surface area contributed by atoms with Gasteiger partial charge in [-0.25, -0.2) is 8.42 Å². The number of para-hydroxylation sites is 1. The number of nitrogens with one attached hydrogen (secondary N) is 1. The molecule has 3 aromatic rings. The topological polar surface area (TPSA) is 70.0 Å². The summed E-state index contributed by atoms with van der Waals surface area (Å²) in [5, 5.41) is 10.9. The molecule has 0 radical (unpaired) electrons. The van der Waals surface area contributed by atoms with Crippen LogP contribution in [0.25, 0.3) is 10.4 Å². The molecule has 0 fully saturated rings. The maximum absolute atomic E-state index is 12.6. The molecular formula is C17H12N2O2S2. The lowest BCUT2D eigenvalue weighted by Crippen LogP contribution is -2.13. The molecule has 6 heteroatoms. The molecule has 4 nitrogen and oxygen atoms in total. The van der Waals surface area contributed by atoms with Gasteiger partial charge in [-0.1, -0.05) is 30.3 Å². The highest BCUT2D eigenvalue weighted by Gasteiger charge is 2.17. The van der Waals surface area contributed by atoms with Gasteiger partial charge >= 0.3 is 0 Å². The fraction of sp³-hybridized carbons (Fsp3) is 0. The van der Waals surface area contributed by atoms with Crippen LogP contribution in [0, 0.1) is 11.3 Å². The fourth-order valence-electron chi connectivity index (χ4n) is 2.16. The third kappa shape index (κ3) is 3.26. The second-order valence-electron chi connectivity index (χ2n) is 4.77. The van der Waals surface area contributed by atoms with Crippen molar-refractivity contribution in [1.29, 1.82) is 5.26 Å². The molecule has 0 spiro atoms. The van der Waals surface area contributed by atoms with E-state index in [2.05, 4.69) is 4.72 Å². The molecule has 3 rings (SSSR count). The zero-order valence-corrected chi connectivity index (χ0v) is 13.6. The normalized spacial score (nSPS) is 10.9. The van der Waals surface area contributed by atoms with Gasteiger partial charge in [0.25, 0.3) is 10.0 Å². The third-order valence-corrected chi connectivity index (χ3v) is 5.50. The van der Waals surface area contributed by atoms with Gasteiger partial charge in [0.15, 0.2) is 0 Å². The first kappa shape index (κ1) is 15.3. The Morgan fingerprint density at radius 1 is 1.00 bits per heavy atom. The van der Waals surface area contributed by atoms with Crippen molar-refractivity contribution in [3.63, 3.8) is 0 Å². The van der Waals surface area contributed by atoms with Crippen LogP contribution in [0.1, 0.15) is 5.56 Å². The van der Waals surface area contributed by atoms with Crippen LogP contribution >= 0.6 is 11.3 Å². The highest BCUT2D eigenvalue weighted by atomic mass is 32.2. The molecular weight excluding hydrogens is 328 g/mol. The number of nitriles is 1. The first-order valence-electron chi connectivity index (χ1n) is 6.76. The number of anilines is 1. The van der Waals surface area contributed by atoms with Gasteiger partial charge in [-0.2, -0.15) is 5.26 Å². The van der Waals surface area contributed by atoms with E-state index in [-0.39, 0.29) is 4.90 Å². The van der Waals surface area contributed by atoms with Gasteiger partial charge in [0.05, 0.1) is 22.2 Å². The summed E-state index contributed by atoms with van der Waals surface area (Å²) in [5.41, 5.74) is 1.64. The first-order chi connectivity index (χ1) is 11.1. The third-order valence-electron chi connectivity index (χ3n) is 3.23. The van der Waals surface area contributed by atoms with Crippen molar-refractivity contribution in [3.05, 3.63) is 71.6 Å². The number of nitrogens with zero attached hydrogens (tertiary/aromatic N) is 1. The minimum atomic E-state index is -3.76. The second kappa shape index (κ2) is 6.24. The lowest BCUT2D eigenvalue weighted by molar-refractivity contribution is 0.601. The smallest absolute Gasteiger partial charge is 0.261 e. The standard InChI is InChI=1S/C17H12N2O2S2/c18-12-13-5-3-6-14(11-13)23(20,21)19-16-8-2-1-7-15(16)17-9-4-10-22-17/h1-11,19H. The second-order valence-corrected chi connectivity index (χ2v) is 7.40. The molecule has 0 unspecified atom stereocenters. The van der Waals surface area contributed by atoms with Crippen molar-refractivity contribution < 1.29 is 8.42 Å². The Bertz CT molecular complexity index is 972. The predicted molar refractivity (Wildman–Crippen MR) is 91.7 cm³/mol. The Morgan fingerprint density at radius 3 is 2.57 bits per heavy atom. The Labute approximate surface area is 138 Å². The van der Waals surface area contributed by atoms with E-state index < -0.39 is 10.0 Å². The minimum absolute atomic E-state index is 0.0672. The highest BCUT2D eigenvalue weighted by Crippen LogP contribution is 2.32. The summed E-state index contributed by atoms with van der Waals surface area (Å²) in [6.45, 7) is 0. The molecule has 0 saturated heterocycles. The van der Waals surface area contributed by atoms with Crippen LogP contribution in [0.5, 0.6) is 0 Å². The Kier molecular flexibility index (Phi) is 4.15. The number of hydrogen-bond donors (Lipinski definition) is 1. The zero-order chi connectivity index (χ0) is 16.3. The fourth-order valence-corrected chi connectivity index (χ4v) is 4.05. The number of thiophene rings is 1. The summed E-state index contributed by atoms with van der Waals surface area (Å²) in [4.78, 5) is 1.05. The molecule has 23 heavy (non-hydrogen) atoms. The van der Waals surface area contributed by atoms with E-state index >= 15 is 0 Å². The lowest BCUT2D eigenvalue weighted by Gasteiger charge is -2.12. The molecule has 0 aliphatic heterocycles. The van der Waals surface area contributed by atoms with Crippen molar-refractivity contribution in [2.75, 3.05) is 4.72 Å². The van der Waals surface area contributed by atoms with E-state index in [1.807, 2.05) is 35.7 Å². The van der Waals surface area contributed by atoms with E-state index in [1.54, 1.807) is 35.6 Å². The summed E-state index contributed by atoms with van der Waals surface area (Å²) < 4.78 is 27.8. The van der Waals surface area contributed by atoms with Gasteiger partial charge in [-0.15, -0.1) is 11.3 Å². The quantitative estimate of drug-likeness (QED) is 0.778. The van der Waals surface area contributed by atoms with Gasteiger partial charge in [-0.05, 0) is 35.7 Å². The molecule has 0 atom stereocenters. The maximum Gasteiger partial charge on any atom is 0.261 e.